The maximum atomic E-state index is 13.1. The van der Waals surface area contributed by atoms with E-state index in [0.29, 0.717) is 12.0 Å². The first-order chi connectivity index (χ1) is 18.6. The van der Waals surface area contributed by atoms with Crippen LogP contribution < -0.4 is 0 Å². The predicted molar refractivity (Wildman–Crippen MR) is 126 cm³/mol. The average molecular weight is 584 g/mol. The number of hydrogen-bond acceptors (Lipinski definition) is 6. The summed E-state index contributed by atoms with van der Waals surface area (Å²) in [5.74, 6) is -5.10. The first-order valence-electron chi connectivity index (χ1n) is 11.9. The van der Waals surface area contributed by atoms with Crippen LogP contribution in [0.2, 0.25) is 0 Å². The first-order valence-corrected chi connectivity index (χ1v) is 11.9. The molecule has 1 aromatic heterocycles. The number of rotatable bonds is 4. The lowest BCUT2D eigenvalue weighted by Crippen LogP contribution is -2.46. The Hall–Kier alpha value is -3.30. The summed E-state index contributed by atoms with van der Waals surface area (Å²) in [6, 6.07) is 11.0. The number of fused-ring (bicyclic) bond motifs is 1. The van der Waals surface area contributed by atoms with Crippen molar-refractivity contribution in [2.75, 3.05) is 32.8 Å². The molecule has 2 saturated heterocycles. The van der Waals surface area contributed by atoms with Crippen LogP contribution in [0.1, 0.15) is 17.5 Å². The normalized spacial score (nSPS) is 20.1. The number of hydrogen-bond donors (Lipinski definition) is 2. The molecule has 2 aliphatic rings. The molecule has 0 aliphatic carbocycles. The molecule has 4 rings (SSSR count). The highest BCUT2D eigenvalue weighted by Crippen LogP contribution is 2.26. The number of pyridine rings is 1. The van der Waals surface area contributed by atoms with Crippen LogP contribution in [-0.2, 0) is 27.4 Å². The van der Waals surface area contributed by atoms with Gasteiger partial charge < -0.3 is 14.9 Å². The number of aromatic nitrogens is 1. The Morgan fingerprint density at radius 2 is 1.43 bits per heavy atom. The average Bonchev–Trinajstić information content (AvgIpc) is 3.07. The van der Waals surface area contributed by atoms with E-state index in [2.05, 4.69) is 20.9 Å². The van der Waals surface area contributed by atoms with E-state index in [1.54, 1.807) is 12.1 Å². The minimum absolute atomic E-state index is 0.173. The third-order valence-electron chi connectivity index (χ3n) is 5.95. The van der Waals surface area contributed by atoms with Crippen LogP contribution in [0.25, 0.3) is 0 Å². The Labute approximate surface area is 225 Å². The van der Waals surface area contributed by atoms with Gasteiger partial charge in [0.15, 0.2) is 0 Å². The summed E-state index contributed by atoms with van der Waals surface area (Å²) >= 11 is 0. The van der Waals surface area contributed by atoms with Crippen LogP contribution in [0.15, 0.2) is 48.8 Å². The van der Waals surface area contributed by atoms with Crippen LogP contribution in [0.3, 0.4) is 0 Å². The zero-order chi connectivity index (χ0) is 29.9. The summed E-state index contributed by atoms with van der Waals surface area (Å²) in [5.41, 5.74) is 2.43. The first kappa shape index (κ1) is 32.9. The molecule has 2 N–H and O–H groups in total. The molecule has 0 radical (unpaired) electrons. The molecule has 2 aliphatic heterocycles. The van der Waals surface area contributed by atoms with Crippen LogP contribution in [-0.4, -0.2) is 88.2 Å². The summed E-state index contributed by atoms with van der Waals surface area (Å²) < 4.78 is 82.8. The number of carboxylic acid groups (broad SMARTS) is 2. The number of nitrogens with zero attached hydrogens (tertiary/aromatic N) is 3. The van der Waals surface area contributed by atoms with E-state index in [1.807, 2.05) is 30.6 Å². The van der Waals surface area contributed by atoms with Gasteiger partial charge in [-0.2, -0.15) is 26.3 Å². The number of aliphatic carboxylic acids is 2. The molecule has 0 amide bonds. The summed E-state index contributed by atoms with van der Waals surface area (Å²) in [7, 11) is 0. The van der Waals surface area contributed by atoms with Crippen molar-refractivity contribution in [1.82, 2.24) is 14.8 Å². The van der Waals surface area contributed by atoms with Gasteiger partial charge in [0.1, 0.15) is 5.82 Å². The van der Waals surface area contributed by atoms with Crippen molar-refractivity contribution in [2.45, 2.75) is 38.0 Å². The van der Waals surface area contributed by atoms with Gasteiger partial charge in [-0.25, -0.2) is 14.0 Å². The maximum Gasteiger partial charge on any atom is 0.490 e. The SMILES string of the molecule is Fc1ccc(CN2CC[C@@H]3CN(Cc4cccnc4)CCO[C@@H]3C2)cc1.O=C(O)C(F)(F)F.O=C(O)C(F)(F)F. The van der Waals surface area contributed by atoms with Crippen molar-refractivity contribution in [3.8, 4) is 0 Å². The topological polar surface area (TPSA) is 103 Å². The van der Waals surface area contributed by atoms with Crippen molar-refractivity contribution in [3.63, 3.8) is 0 Å². The number of piperidine rings is 1. The minimum Gasteiger partial charge on any atom is -0.475 e. The summed E-state index contributed by atoms with van der Waals surface area (Å²) in [5, 5.41) is 14.2. The molecule has 2 aromatic rings. The van der Waals surface area contributed by atoms with Gasteiger partial charge >= 0.3 is 24.3 Å². The molecule has 8 nitrogen and oxygen atoms in total. The molecule has 1 aromatic carbocycles. The highest BCUT2D eigenvalue weighted by Gasteiger charge is 2.39. The van der Waals surface area contributed by atoms with Gasteiger partial charge in [-0.15, -0.1) is 0 Å². The smallest absolute Gasteiger partial charge is 0.475 e. The molecule has 40 heavy (non-hydrogen) atoms. The van der Waals surface area contributed by atoms with E-state index in [4.69, 9.17) is 24.5 Å². The van der Waals surface area contributed by atoms with Crippen molar-refractivity contribution in [2.24, 2.45) is 5.92 Å². The van der Waals surface area contributed by atoms with Crippen LogP contribution in [0, 0.1) is 11.7 Å². The van der Waals surface area contributed by atoms with Crippen molar-refractivity contribution >= 4 is 11.9 Å². The van der Waals surface area contributed by atoms with Gasteiger partial charge in [0.2, 0.25) is 0 Å². The van der Waals surface area contributed by atoms with Gasteiger partial charge in [-0.3, -0.25) is 14.8 Å². The zero-order valence-electron chi connectivity index (χ0n) is 21.0. The second kappa shape index (κ2) is 14.9. The molecule has 2 atom stereocenters. The number of carboxylic acids is 2. The largest absolute Gasteiger partial charge is 0.490 e. The van der Waals surface area contributed by atoms with Gasteiger partial charge in [-0.05, 0) is 42.3 Å². The summed E-state index contributed by atoms with van der Waals surface area (Å²) in [4.78, 5) is 26.9. The van der Waals surface area contributed by atoms with Gasteiger partial charge in [0, 0.05) is 51.0 Å². The number of carbonyl (C=O) groups is 2. The molecule has 3 heterocycles. The predicted octanol–water partition coefficient (Wildman–Crippen LogP) is 4.21. The number of halogens is 7. The Morgan fingerprint density at radius 1 is 0.875 bits per heavy atom. The van der Waals surface area contributed by atoms with E-state index in [0.717, 1.165) is 57.9 Å². The maximum absolute atomic E-state index is 13.1. The monoisotopic (exact) mass is 583 g/mol. The van der Waals surface area contributed by atoms with Crippen LogP contribution >= 0.6 is 0 Å². The lowest BCUT2D eigenvalue weighted by molar-refractivity contribution is -0.193. The molecular weight excluding hydrogens is 555 g/mol. The van der Waals surface area contributed by atoms with E-state index in [9.17, 15) is 30.7 Å². The molecule has 0 unspecified atom stereocenters. The fourth-order valence-corrected chi connectivity index (χ4v) is 4.07. The number of alkyl halides is 6. The van der Waals surface area contributed by atoms with Gasteiger partial charge in [-0.1, -0.05) is 18.2 Å². The third kappa shape index (κ3) is 11.8. The highest BCUT2D eigenvalue weighted by atomic mass is 19.4. The second-order valence-corrected chi connectivity index (χ2v) is 9.02. The summed E-state index contributed by atoms with van der Waals surface area (Å²) in [6.45, 7) is 6.69. The van der Waals surface area contributed by atoms with E-state index in [1.165, 1.54) is 5.56 Å². The van der Waals surface area contributed by atoms with Crippen molar-refractivity contribution in [1.29, 1.82) is 0 Å². The van der Waals surface area contributed by atoms with Crippen LogP contribution in [0.5, 0.6) is 0 Å². The molecule has 15 heteroatoms. The zero-order valence-corrected chi connectivity index (χ0v) is 21.0. The Morgan fingerprint density at radius 3 is 1.95 bits per heavy atom. The Balaban J connectivity index is 0.000000333. The lowest BCUT2D eigenvalue weighted by Gasteiger charge is -2.38. The van der Waals surface area contributed by atoms with Crippen molar-refractivity contribution < 1.29 is 55.3 Å². The van der Waals surface area contributed by atoms with Crippen molar-refractivity contribution in [3.05, 3.63) is 65.7 Å². The Bertz CT molecular complexity index is 1050. The number of benzene rings is 1. The number of ether oxygens (including phenoxy) is 1. The quantitative estimate of drug-likeness (QED) is 0.517. The highest BCUT2D eigenvalue weighted by molar-refractivity contribution is 5.73. The molecule has 0 saturated carbocycles. The van der Waals surface area contributed by atoms with E-state index < -0.39 is 24.3 Å². The van der Waals surface area contributed by atoms with Crippen LogP contribution in [0.4, 0.5) is 30.7 Å². The molecule has 0 spiro atoms. The lowest BCUT2D eigenvalue weighted by atomic mass is 9.93. The molecular formula is C25H28F7N3O5. The Kier molecular flexibility index (Phi) is 12.3. The second-order valence-electron chi connectivity index (χ2n) is 9.02. The molecule has 2 fully saturated rings. The van der Waals surface area contributed by atoms with Gasteiger partial charge in [0.25, 0.3) is 0 Å². The number of likely N-dealkylation sites (tertiary alicyclic amines) is 1. The third-order valence-corrected chi connectivity index (χ3v) is 5.95. The minimum atomic E-state index is -5.08. The molecule has 0 bridgehead atoms. The van der Waals surface area contributed by atoms with E-state index >= 15 is 0 Å². The molecule has 222 valence electrons. The fourth-order valence-electron chi connectivity index (χ4n) is 4.07. The fraction of sp³-hybridized carbons (Fsp3) is 0.480. The standard InChI is InChI=1S/C21H26FN3O.2C2HF3O2/c22-20-5-3-17(4-6-20)13-24-9-7-19-15-25(10-11-26-21(19)16-24)14-18-2-1-8-23-12-18;2*3-2(4,5)1(6)7/h1-6,8,12,19,21H,7,9-11,13-16H2;2*(H,6,7)/t19-,21-;;/m1../s1. The van der Waals surface area contributed by atoms with Gasteiger partial charge in [0.05, 0.1) is 12.7 Å². The summed E-state index contributed by atoms with van der Waals surface area (Å²) in [6.07, 6.45) is -4.95. The van der Waals surface area contributed by atoms with E-state index in [-0.39, 0.29) is 5.82 Å².